The standard InChI is InChI=1S/C15H22N2O/c1-3-16-15(18)12-5-4-6-13(10-12)17-14-8-7-11(2)9-14/h4-6,10-11,14,17H,3,7-9H2,1-2H3,(H,16,18). The number of hydrogen-bond donors (Lipinski definition) is 2. The van der Waals surface area contributed by atoms with Crippen LogP contribution in [-0.4, -0.2) is 18.5 Å². The molecule has 1 aliphatic rings. The van der Waals surface area contributed by atoms with Crippen molar-refractivity contribution in [1.82, 2.24) is 5.32 Å². The quantitative estimate of drug-likeness (QED) is 0.857. The van der Waals surface area contributed by atoms with Gasteiger partial charge in [-0.05, 0) is 50.3 Å². The number of carbonyl (C=O) groups excluding carboxylic acids is 1. The molecule has 1 amide bonds. The Morgan fingerprint density at radius 1 is 1.39 bits per heavy atom. The van der Waals surface area contributed by atoms with Gasteiger partial charge in [-0.2, -0.15) is 0 Å². The summed E-state index contributed by atoms with van der Waals surface area (Å²) in [5.74, 6) is 0.815. The van der Waals surface area contributed by atoms with E-state index in [9.17, 15) is 4.79 Å². The van der Waals surface area contributed by atoms with Crippen LogP contribution in [0.3, 0.4) is 0 Å². The van der Waals surface area contributed by atoms with Gasteiger partial charge in [-0.25, -0.2) is 0 Å². The molecule has 18 heavy (non-hydrogen) atoms. The van der Waals surface area contributed by atoms with E-state index >= 15 is 0 Å². The second kappa shape index (κ2) is 5.89. The number of rotatable bonds is 4. The molecule has 2 N–H and O–H groups in total. The molecule has 0 aromatic heterocycles. The monoisotopic (exact) mass is 246 g/mol. The zero-order valence-electron chi connectivity index (χ0n) is 11.2. The van der Waals surface area contributed by atoms with E-state index in [2.05, 4.69) is 17.6 Å². The number of benzene rings is 1. The summed E-state index contributed by atoms with van der Waals surface area (Å²) >= 11 is 0. The summed E-state index contributed by atoms with van der Waals surface area (Å²) in [7, 11) is 0. The fraction of sp³-hybridized carbons (Fsp3) is 0.533. The number of anilines is 1. The average molecular weight is 246 g/mol. The lowest BCUT2D eigenvalue weighted by molar-refractivity contribution is 0.0956. The number of amides is 1. The molecule has 0 bridgehead atoms. The summed E-state index contributed by atoms with van der Waals surface area (Å²) in [4.78, 5) is 11.7. The fourth-order valence-corrected chi connectivity index (χ4v) is 2.59. The summed E-state index contributed by atoms with van der Waals surface area (Å²) < 4.78 is 0. The van der Waals surface area contributed by atoms with Crippen LogP contribution in [0.1, 0.15) is 43.5 Å². The lowest BCUT2D eigenvalue weighted by atomic mass is 10.1. The summed E-state index contributed by atoms with van der Waals surface area (Å²) in [6.45, 7) is 4.89. The maximum Gasteiger partial charge on any atom is 0.251 e. The van der Waals surface area contributed by atoms with Gasteiger partial charge in [-0.1, -0.05) is 13.0 Å². The van der Waals surface area contributed by atoms with Gasteiger partial charge in [0.1, 0.15) is 0 Å². The van der Waals surface area contributed by atoms with E-state index in [1.165, 1.54) is 19.3 Å². The molecule has 1 fully saturated rings. The first kappa shape index (κ1) is 12.9. The second-order valence-corrected chi connectivity index (χ2v) is 5.20. The molecule has 1 aliphatic carbocycles. The van der Waals surface area contributed by atoms with E-state index in [1.54, 1.807) is 0 Å². The third-order valence-electron chi connectivity index (χ3n) is 3.53. The molecule has 2 atom stereocenters. The third kappa shape index (κ3) is 3.25. The van der Waals surface area contributed by atoms with Crippen LogP contribution in [-0.2, 0) is 0 Å². The summed E-state index contributed by atoms with van der Waals surface area (Å²) in [5, 5.41) is 6.35. The Hall–Kier alpha value is -1.51. The zero-order valence-corrected chi connectivity index (χ0v) is 11.2. The van der Waals surface area contributed by atoms with Crippen molar-refractivity contribution in [3.05, 3.63) is 29.8 Å². The highest BCUT2D eigenvalue weighted by Crippen LogP contribution is 2.27. The van der Waals surface area contributed by atoms with E-state index in [0.29, 0.717) is 12.6 Å². The van der Waals surface area contributed by atoms with Crippen molar-refractivity contribution in [2.45, 2.75) is 39.2 Å². The maximum absolute atomic E-state index is 11.7. The highest BCUT2D eigenvalue weighted by Gasteiger charge is 2.20. The third-order valence-corrected chi connectivity index (χ3v) is 3.53. The second-order valence-electron chi connectivity index (χ2n) is 5.20. The molecule has 0 heterocycles. The van der Waals surface area contributed by atoms with Crippen LogP contribution in [0.15, 0.2) is 24.3 Å². The van der Waals surface area contributed by atoms with E-state index in [1.807, 2.05) is 31.2 Å². The van der Waals surface area contributed by atoms with Gasteiger partial charge in [0.25, 0.3) is 5.91 Å². The Balaban J connectivity index is 2.01. The van der Waals surface area contributed by atoms with Gasteiger partial charge in [0.15, 0.2) is 0 Å². The van der Waals surface area contributed by atoms with Crippen molar-refractivity contribution in [1.29, 1.82) is 0 Å². The Morgan fingerprint density at radius 3 is 2.89 bits per heavy atom. The molecule has 1 aromatic rings. The smallest absolute Gasteiger partial charge is 0.251 e. The van der Waals surface area contributed by atoms with Crippen LogP contribution < -0.4 is 10.6 Å². The molecule has 1 saturated carbocycles. The summed E-state index contributed by atoms with van der Waals surface area (Å²) in [6, 6.07) is 8.32. The van der Waals surface area contributed by atoms with Crippen molar-refractivity contribution in [2.75, 3.05) is 11.9 Å². The molecular weight excluding hydrogens is 224 g/mol. The number of carbonyl (C=O) groups is 1. The van der Waals surface area contributed by atoms with Gasteiger partial charge in [0, 0.05) is 23.8 Å². The van der Waals surface area contributed by atoms with Crippen molar-refractivity contribution < 1.29 is 4.79 Å². The molecule has 98 valence electrons. The van der Waals surface area contributed by atoms with Crippen molar-refractivity contribution in [2.24, 2.45) is 5.92 Å². The van der Waals surface area contributed by atoms with Gasteiger partial charge in [-0.15, -0.1) is 0 Å². The van der Waals surface area contributed by atoms with Crippen LogP contribution in [0.4, 0.5) is 5.69 Å². The predicted octanol–water partition coefficient (Wildman–Crippen LogP) is 3.04. The molecule has 0 radical (unpaired) electrons. The summed E-state index contributed by atoms with van der Waals surface area (Å²) in [6.07, 6.45) is 3.76. The molecule has 0 spiro atoms. The molecule has 3 nitrogen and oxygen atoms in total. The fourth-order valence-electron chi connectivity index (χ4n) is 2.59. The van der Waals surface area contributed by atoms with Crippen molar-refractivity contribution >= 4 is 11.6 Å². The van der Waals surface area contributed by atoms with Gasteiger partial charge >= 0.3 is 0 Å². The lowest BCUT2D eigenvalue weighted by Gasteiger charge is -2.14. The first-order valence-electron chi connectivity index (χ1n) is 6.84. The number of hydrogen-bond acceptors (Lipinski definition) is 2. The minimum Gasteiger partial charge on any atom is -0.382 e. The average Bonchev–Trinajstić information content (AvgIpc) is 2.75. The zero-order chi connectivity index (χ0) is 13.0. The Labute approximate surface area is 109 Å². The van der Waals surface area contributed by atoms with E-state index in [-0.39, 0.29) is 5.91 Å². The Bertz CT molecular complexity index is 417. The minimum atomic E-state index is 0.000870. The molecule has 0 aliphatic heterocycles. The topological polar surface area (TPSA) is 41.1 Å². The van der Waals surface area contributed by atoms with Crippen LogP contribution in [0.5, 0.6) is 0 Å². The molecule has 1 aromatic carbocycles. The first-order chi connectivity index (χ1) is 8.69. The van der Waals surface area contributed by atoms with Crippen molar-refractivity contribution in [3.63, 3.8) is 0 Å². The van der Waals surface area contributed by atoms with Crippen LogP contribution in [0.2, 0.25) is 0 Å². The summed E-state index contributed by atoms with van der Waals surface area (Å²) in [5.41, 5.74) is 1.78. The van der Waals surface area contributed by atoms with Gasteiger partial charge in [-0.3, -0.25) is 4.79 Å². The van der Waals surface area contributed by atoms with Gasteiger partial charge in [0.2, 0.25) is 0 Å². The normalized spacial score (nSPS) is 22.8. The predicted molar refractivity (Wildman–Crippen MR) is 74.9 cm³/mol. The van der Waals surface area contributed by atoms with Crippen LogP contribution in [0, 0.1) is 5.92 Å². The largest absolute Gasteiger partial charge is 0.382 e. The molecule has 3 heteroatoms. The minimum absolute atomic E-state index is 0.000870. The van der Waals surface area contributed by atoms with Crippen LogP contribution in [0.25, 0.3) is 0 Å². The Morgan fingerprint density at radius 2 is 2.22 bits per heavy atom. The van der Waals surface area contributed by atoms with Gasteiger partial charge < -0.3 is 10.6 Å². The molecule has 0 saturated heterocycles. The van der Waals surface area contributed by atoms with Gasteiger partial charge in [0.05, 0.1) is 0 Å². The lowest BCUT2D eigenvalue weighted by Crippen LogP contribution is -2.23. The van der Waals surface area contributed by atoms with E-state index < -0.39 is 0 Å². The van der Waals surface area contributed by atoms with Crippen molar-refractivity contribution in [3.8, 4) is 0 Å². The Kier molecular flexibility index (Phi) is 4.24. The highest BCUT2D eigenvalue weighted by atomic mass is 16.1. The van der Waals surface area contributed by atoms with E-state index in [0.717, 1.165) is 17.2 Å². The van der Waals surface area contributed by atoms with Crippen LogP contribution >= 0.6 is 0 Å². The molecular formula is C15H22N2O. The SMILES string of the molecule is CCNC(=O)c1cccc(NC2CCC(C)C2)c1. The maximum atomic E-state index is 11.7. The molecule has 2 unspecified atom stereocenters. The first-order valence-corrected chi connectivity index (χ1v) is 6.84. The molecule has 2 rings (SSSR count). The highest BCUT2D eigenvalue weighted by molar-refractivity contribution is 5.95. The van der Waals surface area contributed by atoms with E-state index in [4.69, 9.17) is 0 Å². The number of nitrogens with one attached hydrogen (secondary N) is 2.